The van der Waals surface area contributed by atoms with E-state index >= 15 is 0 Å². The lowest BCUT2D eigenvalue weighted by Gasteiger charge is -2.35. The first-order valence-corrected chi connectivity index (χ1v) is 17.9. The first-order chi connectivity index (χ1) is 25.6. The monoisotopic (exact) mass is 664 g/mol. The van der Waals surface area contributed by atoms with Crippen molar-refractivity contribution < 1.29 is 0 Å². The van der Waals surface area contributed by atoms with Gasteiger partial charge in [-0.3, -0.25) is 4.57 Å². The number of benzene rings is 8. The van der Waals surface area contributed by atoms with Crippen molar-refractivity contribution in [1.29, 1.82) is 0 Å². The Hall–Kier alpha value is -6.65. The van der Waals surface area contributed by atoms with E-state index in [0.29, 0.717) is 17.6 Å². The molecule has 0 spiro atoms. The Bertz CT molecular complexity index is 3010. The summed E-state index contributed by atoms with van der Waals surface area (Å²) >= 11 is 0. The van der Waals surface area contributed by atoms with E-state index in [1.807, 2.05) is 0 Å². The largest absolute Gasteiger partial charge is 0.277 e. The standard InChI is InChI=1S/C48H32N4/c1-48(2)39-25-9-7-22-37(39)43-42-31(18-13-26-40(42)48)28-38-34-21-8-10-27-41(34)52(44(38)43)47-50-45(35-23-11-16-29-14-3-5-19-32(29)35)49-46(51-47)36-24-12-17-30-15-4-6-20-33(30)36/h3-28H,1-2H3. The molecule has 8 aromatic carbocycles. The summed E-state index contributed by atoms with van der Waals surface area (Å²) in [4.78, 5) is 16.1. The molecule has 2 heterocycles. The molecule has 4 heteroatoms. The zero-order chi connectivity index (χ0) is 34.6. The molecule has 0 unspecified atom stereocenters. The van der Waals surface area contributed by atoms with Gasteiger partial charge in [-0.15, -0.1) is 0 Å². The summed E-state index contributed by atoms with van der Waals surface area (Å²) in [5, 5.41) is 9.40. The Morgan fingerprint density at radius 3 is 1.67 bits per heavy atom. The summed E-state index contributed by atoms with van der Waals surface area (Å²) in [6.45, 7) is 4.70. The van der Waals surface area contributed by atoms with Gasteiger partial charge in [0.25, 0.3) is 0 Å². The van der Waals surface area contributed by atoms with Gasteiger partial charge in [-0.2, -0.15) is 9.97 Å². The average molecular weight is 665 g/mol. The molecule has 0 saturated carbocycles. The topological polar surface area (TPSA) is 43.6 Å². The number of nitrogens with zero attached hydrogens (tertiary/aromatic N) is 4. The fourth-order valence-corrected chi connectivity index (χ4v) is 8.83. The summed E-state index contributed by atoms with van der Waals surface area (Å²) in [6.07, 6.45) is 0. The van der Waals surface area contributed by atoms with Crippen LogP contribution in [0.5, 0.6) is 0 Å². The number of aromatic nitrogens is 4. The van der Waals surface area contributed by atoms with Crippen LogP contribution in [0.4, 0.5) is 0 Å². The van der Waals surface area contributed by atoms with Crippen molar-refractivity contribution in [1.82, 2.24) is 19.5 Å². The van der Waals surface area contributed by atoms with Crippen LogP contribution in [-0.4, -0.2) is 19.5 Å². The van der Waals surface area contributed by atoms with Gasteiger partial charge in [0.1, 0.15) is 0 Å². The number of hydrogen-bond donors (Lipinski definition) is 0. The lowest BCUT2D eigenvalue weighted by Crippen LogP contribution is -2.23. The van der Waals surface area contributed by atoms with E-state index in [1.165, 1.54) is 43.8 Å². The SMILES string of the molecule is CC1(C)c2ccccc2-c2c3c1cccc3cc1c3ccccc3n(-c3nc(-c4cccc5ccccc45)nc(-c4cccc5ccccc45)n3)c21. The van der Waals surface area contributed by atoms with Crippen LogP contribution >= 0.6 is 0 Å². The summed E-state index contributed by atoms with van der Waals surface area (Å²) in [6, 6.07) is 56.4. The highest BCUT2D eigenvalue weighted by atomic mass is 15.2. The third-order valence-corrected chi connectivity index (χ3v) is 11.2. The van der Waals surface area contributed by atoms with Gasteiger partial charge in [-0.05, 0) is 61.1 Å². The fraction of sp³-hybridized carbons (Fsp3) is 0.0625. The van der Waals surface area contributed by atoms with Crippen molar-refractivity contribution in [3.05, 3.63) is 169 Å². The quantitative estimate of drug-likeness (QED) is 0.189. The minimum Gasteiger partial charge on any atom is -0.277 e. The number of para-hydroxylation sites is 1. The lowest BCUT2D eigenvalue weighted by molar-refractivity contribution is 0.645. The third-order valence-electron chi connectivity index (χ3n) is 11.2. The summed E-state index contributed by atoms with van der Waals surface area (Å²) < 4.78 is 2.30. The van der Waals surface area contributed by atoms with E-state index in [1.54, 1.807) is 0 Å². The number of rotatable bonds is 3. The van der Waals surface area contributed by atoms with Crippen molar-refractivity contribution in [2.24, 2.45) is 0 Å². The molecule has 11 rings (SSSR count). The van der Waals surface area contributed by atoms with Crippen LogP contribution in [-0.2, 0) is 5.41 Å². The van der Waals surface area contributed by atoms with E-state index in [0.717, 1.165) is 43.7 Å². The van der Waals surface area contributed by atoms with Crippen LogP contribution in [0.3, 0.4) is 0 Å². The smallest absolute Gasteiger partial charge is 0.238 e. The van der Waals surface area contributed by atoms with Crippen molar-refractivity contribution >= 4 is 54.1 Å². The van der Waals surface area contributed by atoms with Gasteiger partial charge in [-0.1, -0.05) is 159 Å². The maximum Gasteiger partial charge on any atom is 0.238 e. The molecule has 2 aromatic heterocycles. The minimum absolute atomic E-state index is 0.163. The Morgan fingerprint density at radius 1 is 0.442 bits per heavy atom. The van der Waals surface area contributed by atoms with Gasteiger partial charge in [-0.25, -0.2) is 4.98 Å². The van der Waals surface area contributed by atoms with Crippen LogP contribution in [0.25, 0.3) is 94.0 Å². The van der Waals surface area contributed by atoms with Gasteiger partial charge in [0.2, 0.25) is 5.95 Å². The zero-order valence-electron chi connectivity index (χ0n) is 28.8. The van der Waals surface area contributed by atoms with Crippen LogP contribution in [0.2, 0.25) is 0 Å². The third kappa shape index (κ3) is 4.00. The van der Waals surface area contributed by atoms with Crippen LogP contribution < -0.4 is 0 Å². The van der Waals surface area contributed by atoms with E-state index < -0.39 is 0 Å². The van der Waals surface area contributed by atoms with Crippen molar-refractivity contribution in [2.75, 3.05) is 0 Å². The first kappa shape index (κ1) is 29.1. The highest BCUT2D eigenvalue weighted by molar-refractivity contribution is 6.23. The summed E-state index contributed by atoms with van der Waals surface area (Å²) in [5.41, 5.74) is 9.11. The van der Waals surface area contributed by atoms with Gasteiger partial charge in [0.15, 0.2) is 11.6 Å². The Morgan fingerprint density at radius 2 is 0.962 bits per heavy atom. The molecular weight excluding hydrogens is 633 g/mol. The second-order valence-electron chi connectivity index (χ2n) is 14.4. The Balaban J connectivity index is 1.33. The molecule has 1 aliphatic carbocycles. The zero-order valence-corrected chi connectivity index (χ0v) is 28.8. The first-order valence-electron chi connectivity index (χ1n) is 17.9. The number of hydrogen-bond acceptors (Lipinski definition) is 3. The van der Waals surface area contributed by atoms with Gasteiger partial charge >= 0.3 is 0 Å². The van der Waals surface area contributed by atoms with Crippen LogP contribution in [0.15, 0.2) is 158 Å². The van der Waals surface area contributed by atoms with E-state index in [-0.39, 0.29) is 5.41 Å². The summed E-state index contributed by atoms with van der Waals surface area (Å²) in [7, 11) is 0. The van der Waals surface area contributed by atoms with Crippen molar-refractivity contribution in [3.63, 3.8) is 0 Å². The maximum atomic E-state index is 5.42. The second kappa shape index (κ2) is 10.7. The molecule has 0 saturated heterocycles. The van der Waals surface area contributed by atoms with Gasteiger partial charge in [0, 0.05) is 32.9 Å². The van der Waals surface area contributed by atoms with Gasteiger partial charge in [0.05, 0.1) is 11.0 Å². The Kier molecular flexibility index (Phi) is 5.98. The highest BCUT2D eigenvalue weighted by Crippen LogP contribution is 2.52. The molecule has 10 aromatic rings. The molecule has 52 heavy (non-hydrogen) atoms. The van der Waals surface area contributed by atoms with Crippen molar-refractivity contribution in [2.45, 2.75) is 19.3 Å². The van der Waals surface area contributed by atoms with E-state index in [9.17, 15) is 0 Å². The minimum atomic E-state index is -0.163. The average Bonchev–Trinajstić information content (AvgIpc) is 3.52. The lowest BCUT2D eigenvalue weighted by atomic mass is 9.68. The van der Waals surface area contributed by atoms with E-state index in [4.69, 9.17) is 15.0 Å². The predicted molar refractivity (Wildman–Crippen MR) is 215 cm³/mol. The molecule has 0 atom stereocenters. The molecule has 0 radical (unpaired) electrons. The highest BCUT2D eigenvalue weighted by Gasteiger charge is 2.35. The summed E-state index contributed by atoms with van der Waals surface area (Å²) in [5.74, 6) is 1.89. The molecule has 244 valence electrons. The molecule has 0 amide bonds. The molecule has 0 aliphatic heterocycles. The van der Waals surface area contributed by atoms with E-state index in [2.05, 4.69) is 176 Å². The molecule has 0 bridgehead atoms. The number of fused-ring (bicyclic) bond motifs is 8. The normalized spacial score (nSPS) is 13.3. The molecule has 0 N–H and O–H groups in total. The molecule has 1 aliphatic rings. The van der Waals surface area contributed by atoms with Gasteiger partial charge < -0.3 is 0 Å². The van der Waals surface area contributed by atoms with Crippen LogP contribution in [0, 0.1) is 0 Å². The molecule has 0 fully saturated rings. The Labute approximate surface area is 300 Å². The fourth-order valence-electron chi connectivity index (χ4n) is 8.83. The molecular formula is C48H32N4. The predicted octanol–water partition coefficient (Wildman–Crippen LogP) is 12.1. The second-order valence-corrected chi connectivity index (χ2v) is 14.4. The van der Waals surface area contributed by atoms with Crippen LogP contribution in [0.1, 0.15) is 25.0 Å². The maximum absolute atomic E-state index is 5.42. The van der Waals surface area contributed by atoms with Crippen molar-refractivity contribution in [3.8, 4) is 39.9 Å². The molecule has 4 nitrogen and oxygen atoms in total.